The molecule has 16 heavy (non-hydrogen) atoms. The molecule has 0 fully saturated rings. The summed E-state index contributed by atoms with van der Waals surface area (Å²) in [6, 6.07) is 4.40. The SMILES string of the molecule is C=C[C@H](Br)[C@@H](O)c1ccc(C(F)(F)F)cc1. The van der Waals surface area contributed by atoms with Crippen LogP contribution < -0.4 is 0 Å². The number of alkyl halides is 4. The average molecular weight is 295 g/mol. The smallest absolute Gasteiger partial charge is 0.387 e. The minimum atomic E-state index is -4.35. The molecule has 1 nitrogen and oxygen atoms in total. The summed E-state index contributed by atoms with van der Waals surface area (Å²) in [5.41, 5.74) is -0.317. The molecule has 0 amide bonds. The number of benzene rings is 1. The molecule has 1 rings (SSSR count). The maximum Gasteiger partial charge on any atom is 0.416 e. The molecule has 0 aliphatic carbocycles. The van der Waals surface area contributed by atoms with Crippen LogP contribution in [0.5, 0.6) is 0 Å². The molecular weight excluding hydrogens is 285 g/mol. The highest BCUT2D eigenvalue weighted by Gasteiger charge is 2.30. The first-order valence-corrected chi connectivity index (χ1v) is 5.39. The van der Waals surface area contributed by atoms with E-state index < -0.39 is 17.8 Å². The van der Waals surface area contributed by atoms with Crippen LogP contribution in [0.1, 0.15) is 17.2 Å². The third kappa shape index (κ3) is 3.09. The summed E-state index contributed by atoms with van der Waals surface area (Å²) < 4.78 is 36.8. The molecule has 0 radical (unpaired) electrons. The quantitative estimate of drug-likeness (QED) is 0.666. The Labute approximate surface area is 99.7 Å². The van der Waals surface area contributed by atoms with Crippen LogP contribution >= 0.6 is 15.9 Å². The van der Waals surface area contributed by atoms with E-state index in [9.17, 15) is 18.3 Å². The molecular formula is C11H10BrF3O. The van der Waals surface area contributed by atoms with E-state index in [0.717, 1.165) is 12.1 Å². The van der Waals surface area contributed by atoms with Crippen LogP contribution in [-0.4, -0.2) is 9.93 Å². The van der Waals surface area contributed by atoms with E-state index in [2.05, 4.69) is 22.5 Å². The molecule has 0 unspecified atom stereocenters. The summed E-state index contributed by atoms with van der Waals surface area (Å²) in [7, 11) is 0. The molecule has 88 valence electrons. The van der Waals surface area contributed by atoms with Crippen molar-refractivity contribution in [2.24, 2.45) is 0 Å². The van der Waals surface area contributed by atoms with Crippen molar-refractivity contribution in [3.8, 4) is 0 Å². The van der Waals surface area contributed by atoms with Gasteiger partial charge in [-0.15, -0.1) is 6.58 Å². The van der Waals surface area contributed by atoms with E-state index >= 15 is 0 Å². The largest absolute Gasteiger partial charge is 0.416 e. The van der Waals surface area contributed by atoms with E-state index in [4.69, 9.17) is 0 Å². The molecule has 0 aliphatic rings. The maximum absolute atomic E-state index is 12.3. The monoisotopic (exact) mass is 294 g/mol. The van der Waals surface area contributed by atoms with Gasteiger partial charge in [0, 0.05) is 0 Å². The van der Waals surface area contributed by atoms with Gasteiger partial charge in [-0.1, -0.05) is 34.1 Å². The van der Waals surface area contributed by atoms with Gasteiger partial charge in [0.1, 0.15) is 0 Å². The zero-order valence-electron chi connectivity index (χ0n) is 8.21. The van der Waals surface area contributed by atoms with Gasteiger partial charge >= 0.3 is 6.18 Å². The molecule has 5 heteroatoms. The first-order valence-electron chi connectivity index (χ1n) is 4.48. The second-order valence-corrected chi connectivity index (χ2v) is 4.30. The summed E-state index contributed by atoms with van der Waals surface area (Å²) in [4.78, 5) is -0.385. The Balaban J connectivity index is 2.91. The molecule has 0 heterocycles. The van der Waals surface area contributed by atoms with E-state index in [-0.39, 0.29) is 4.83 Å². The molecule has 0 aromatic heterocycles. The van der Waals surface area contributed by atoms with Gasteiger partial charge < -0.3 is 5.11 Å². The average Bonchev–Trinajstić information content (AvgIpc) is 2.26. The lowest BCUT2D eigenvalue weighted by Gasteiger charge is -2.15. The Kier molecular flexibility index (Phi) is 4.15. The Morgan fingerprint density at radius 3 is 2.12 bits per heavy atom. The number of hydrogen-bond acceptors (Lipinski definition) is 1. The van der Waals surface area contributed by atoms with Gasteiger partial charge in [-0.3, -0.25) is 0 Å². The topological polar surface area (TPSA) is 20.2 Å². The zero-order valence-corrected chi connectivity index (χ0v) is 9.79. The van der Waals surface area contributed by atoms with Gasteiger partial charge in [0.2, 0.25) is 0 Å². The summed E-state index contributed by atoms with van der Waals surface area (Å²) in [6.07, 6.45) is -3.78. The van der Waals surface area contributed by atoms with Crippen LogP contribution in [0, 0.1) is 0 Å². The van der Waals surface area contributed by atoms with Gasteiger partial charge in [0.05, 0.1) is 16.5 Å². The van der Waals surface area contributed by atoms with Crippen LogP contribution in [0.4, 0.5) is 13.2 Å². The molecule has 2 atom stereocenters. The first-order chi connectivity index (χ1) is 7.36. The lowest BCUT2D eigenvalue weighted by Crippen LogP contribution is -2.10. The number of halogens is 4. The zero-order chi connectivity index (χ0) is 12.3. The number of aliphatic hydroxyl groups excluding tert-OH is 1. The molecule has 1 aromatic carbocycles. The second-order valence-electron chi connectivity index (χ2n) is 3.24. The highest BCUT2D eigenvalue weighted by Crippen LogP contribution is 2.31. The van der Waals surface area contributed by atoms with Crippen molar-refractivity contribution in [2.45, 2.75) is 17.1 Å². The van der Waals surface area contributed by atoms with Gasteiger partial charge in [-0.05, 0) is 17.7 Å². The van der Waals surface area contributed by atoms with Crippen LogP contribution in [-0.2, 0) is 6.18 Å². The van der Waals surface area contributed by atoms with Crippen LogP contribution in [0.3, 0.4) is 0 Å². The highest BCUT2D eigenvalue weighted by molar-refractivity contribution is 9.09. The number of rotatable bonds is 3. The molecule has 0 bridgehead atoms. The van der Waals surface area contributed by atoms with Gasteiger partial charge in [-0.25, -0.2) is 0 Å². The molecule has 0 saturated carbocycles. The minimum absolute atomic E-state index is 0.385. The summed E-state index contributed by atoms with van der Waals surface area (Å²) in [5.74, 6) is 0. The van der Waals surface area contributed by atoms with Gasteiger partial charge in [0.25, 0.3) is 0 Å². The van der Waals surface area contributed by atoms with Crippen LogP contribution in [0.25, 0.3) is 0 Å². The van der Waals surface area contributed by atoms with Crippen molar-refractivity contribution in [2.75, 3.05) is 0 Å². The first kappa shape index (κ1) is 13.3. The van der Waals surface area contributed by atoms with E-state index in [0.29, 0.717) is 5.56 Å². The van der Waals surface area contributed by atoms with Crippen molar-refractivity contribution in [3.63, 3.8) is 0 Å². The molecule has 1 N–H and O–H groups in total. The lowest BCUT2D eigenvalue weighted by molar-refractivity contribution is -0.137. The standard InChI is InChI=1S/C11H10BrF3O/c1-2-9(12)10(16)7-3-5-8(6-4-7)11(13,14)15/h2-6,9-10,16H,1H2/t9-,10-/m0/s1. The summed E-state index contributed by atoms with van der Waals surface area (Å²) >= 11 is 3.15. The van der Waals surface area contributed by atoms with E-state index in [1.807, 2.05) is 0 Å². The van der Waals surface area contributed by atoms with Gasteiger partial charge in [0.15, 0.2) is 0 Å². The Morgan fingerprint density at radius 2 is 1.75 bits per heavy atom. The van der Waals surface area contributed by atoms with E-state index in [1.165, 1.54) is 18.2 Å². The molecule has 0 aliphatic heterocycles. The third-order valence-corrected chi connectivity index (χ3v) is 2.98. The van der Waals surface area contributed by atoms with Crippen LogP contribution in [0.2, 0.25) is 0 Å². The Hall–Kier alpha value is -0.810. The summed E-state index contributed by atoms with van der Waals surface area (Å²) in [6.45, 7) is 3.48. The lowest BCUT2D eigenvalue weighted by atomic mass is 10.0. The third-order valence-electron chi connectivity index (χ3n) is 2.11. The predicted molar refractivity (Wildman–Crippen MR) is 59.3 cm³/mol. The van der Waals surface area contributed by atoms with Crippen molar-refractivity contribution in [1.82, 2.24) is 0 Å². The van der Waals surface area contributed by atoms with Crippen LogP contribution in [0.15, 0.2) is 36.9 Å². The fraction of sp³-hybridized carbons (Fsp3) is 0.273. The number of hydrogen-bond donors (Lipinski definition) is 1. The second kappa shape index (κ2) is 5.01. The predicted octanol–water partition coefficient (Wildman–Crippen LogP) is 3.69. The van der Waals surface area contributed by atoms with Crippen molar-refractivity contribution in [3.05, 3.63) is 48.0 Å². The van der Waals surface area contributed by atoms with Gasteiger partial charge in [-0.2, -0.15) is 13.2 Å². The highest BCUT2D eigenvalue weighted by atomic mass is 79.9. The Morgan fingerprint density at radius 1 is 1.25 bits per heavy atom. The van der Waals surface area contributed by atoms with E-state index in [1.54, 1.807) is 0 Å². The van der Waals surface area contributed by atoms with Crippen molar-refractivity contribution in [1.29, 1.82) is 0 Å². The normalized spacial score (nSPS) is 15.6. The fourth-order valence-corrected chi connectivity index (χ4v) is 1.49. The van der Waals surface area contributed by atoms with Crippen molar-refractivity contribution < 1.29 is 18.3 Å². The van der Waals surface area contributed by atoms with Crippen molar-refractivity contribution >= 4 is 15.9 Å². The summed E-state index contributed by atoms with van der Waals surface area (Å²) in [5, 5.41) is 9.68. The Bertz CT molecular complexity index is 358. The minimum Gasteiger partial charge on any atom is -0.387 e. The molecule has 0 saturated heterocycles. The fourth-order valence-electron chi connectivity index (χ4n) is 1.18. The molecule has 1 aromatic rings. The number of aliphatic hydroxyl groups is 1. The molecule has 0 spiro atoms. The maximum atomic E-state index is 12.3.